The lowest BCUT2D eigenvalue weighted by molar-refractivity contribution is -0.159. The third-order valence-electron chi connectivity index (χ3n) is 5.51. The quantitative estimate of drug-likeness (QED) is 0.530. The molecule has 0 heterocycles. The lowest BCUT2D eigenvalue weighted by Crippen LogP contribution is -2.49. The molecule has 0 amide bonds. The Morgan fingerprint density at radius 2 is 1.69 bits per heavy atom. The zero-order valence-electron chi connectivity index (χ0n) is 18.4. The van der Waals surface area contributed by atoms with Crippen LogP contribution in [0.1, 0.15) is 38.7 Å². The highest BCUT2D eigenvalue weighted by molar-refractivity contribution is 9.10. The molecule has 1 aliphatic rings. The van der Waals surface area contributed by atoms with Crippen molar-refractivity contribution in [2.45, 2.75) is 38.7 Å². The van der Waals surface area contributed by atoms with Crippen LogP contribution in [0, 0.1) is 5.92 Å². The molecule has 0 spiro atoms. The molecule has 3 rings (SSSR count). The second-order valence-corrected chi connectivity index (χ2v) is 8.81. The van der Waals surface area contributed by atoms with Crippen molar-refractivity contribution in [3.63, 3.8) is 0 Å². The Bertz CT molecular complexity index is 985. The summed E-state index contributed by atoms with van der Waals surface area (Å²) in [6, 6.07) is 16.7. The molecule has 1 aliphatic carbocycles. The summed E-state index contributed by atoms with van der Waals surface area (Å²) in [4.78, 5) is 26.3. The number of nitrogens with one attached hydrogen (secondary N) is 1. The molecule has 0 bridgehead atoms. The lowest BCUT2D eigenvalue weighted by Gasteiger charge is -2.43. The predicted molar refractivity (Wildman–Crippen MR) is 126 cm³/mol. The largest absolute Gasteiger partial charge is 0.466 e. The van der Waals surface area contributed by atoms with Gasteiger partial charge in [-0.15, -0.1) is 0 Å². The first kappa shape index (κ1) is 24.0. The summed E-state index contributed by atoms with van der Waals surface area (Å²) < 4.78 is 11.6. The van der Waals surface area contributed by atoms with E-state index in [1.165, 1.54) is 0 Å². The van der Waals surface area contributed by atoms with Crippen LogP contribution in [0.2, 0.25) is 0 Å². The Morgan fingerprint density at radius 3 is 2.28 bits per heavy atom. The number of anilines is 1. The lowest BCUT2D eigenvalue weighted by atomic mass is 9.66. The molecule has 3 atom stereocenters. The summed E-state index contributed by atoms with van der Waals surface area (Å²) in [5.41, 5.74) is 0.863. The van der Waals surface area contributed by atoms with Gasteiger partial charge in [0, 0.05) is 28.2 Å². The molecule has 7 heteroatoms. The molecule has 0 saturated heterocycles. The highest BCUT2D eigenvalue weighted by atomic mass is 79.9. The molecule has 0 aromatic heterocycles. The summed E-state index contributed by atoms with van der Waals surface area (Å²) in [6.07, 6.45) is 0.0595. The fraction of sp³-hybridized carbons (Fsp3) is 0.360. The summed E-state index contributed by atoms with van der Waals surface area (Å²) in [7, 11) is 0. The minimum Gasteiger partial charge on any atom is -0.466 e. The Balaban J connectivity index is 2.21. The molecule has 0 radical (unpaired) electrons. The minimum absolute atomic E-state index is 0.0595. The number of rotatable bonds is 7. The summed E-state index contributed by atoms with van der Waals surface area (Å²) in [5, 5.41) is 14.7. The van der Waals surface area contributed by atoms with Crippen LogP contribution in [0.4, 0.5) is 5.69 Å². The van der Waals surface area contributed by atoms with E-state index in [1.54, 1.807) is 20.8 Å². The number of ether oxygens (including phenoxy) is 2. The van der Waals surface area contributed by atoms with E-state index in [2.05, 4.69) is 21.2 Å². The van der Waals surface area contributed by atoms with Crippen LogP contribution >= 0.6 is 15.9 Å². The maximum absolute atomic E-state index is 13.2. The minimum atomic E-state index is -1.46. The van der Waals surface area contributed by atoms with Gasteiger partial charge in [-0.05, 0) is 50.6 Å². The zero-order valence-corrected chi connectivity index (χ0v) is 20.0. The molecule has 2 aromatic rings. The predicted octanol–water partition coefficient (Wildman–Crippen LogP) is 4.80. The van der Waals surface area contributed by atoms with Gasteiger partial charge in [0.1, 0.15) is 0 Å². The van der Waals surface area contributed by atoms with Crippen molar-refractivity contribution in [1.82, 2.24) is 0 Å². The number of esters is 2. The molecule has 2 N–H and O–H groups in total. The Kier molecular flexibility index (Phi) is 7.74. The third kappa shape index (κ3) is 5.22. The topological polar surface area (TPSA) is 84.9 Å². The van der Waals surface area contributed by atoms with E-state index < -0.39 is 29.4 Å². The smallest absolute Gasteiger partial charge is 0.336 e. The van der Waals surface area contributed by atoms with E-state index in [1.807, 2.05) is 54.6 Å². The van der Waals surface area contributed by atoms with E-state index in [9.17, 15) is 14.7 Å². The van der Waals surface area contributed by atoms with Crippen molar-refractivity contribution in [3.05, 3.63) is 75.9 Å². The van der Waals surface area contributed by atoms with E-state index in [-0.39, 0.29) is 19.6 Å². The average Bonchev–Trinajstić information content (AvgIpc) is 2.75. The maximum atomic E-state index is 13.2. The second-order valence-electron chi connectivity index (χ2n) is 7.90. The Morgan fingerprint density at radius 1 is 1.06 bits per heavy atom. The molecular weight excluding hydrogens is 474 g/mol. The molecule has 0 fully saturated rings. The second kappa shape index (κ2) is 10.3. The van der Waals surface area contributed by atoms with Gasteiger partial charge in [0.15, 0.2) is 0 Å². The van der Waals surface area contributed by atoms with Crippen LogP contribution in [0.3, 0.4) is 0 Å². The van der Waals surface area contributed by atoms with Gasteiger partial charge < -0.3 is 19.9 Å². The van der Waals surface area contributed by atoms with E-state index >= 15 is 0 Å². The van der Waals surface area contributed by atoms with Gasteiger partial charge in [0.25, 0.3) is 0 Å². The number of hydrogen-bond donors (Lipinski definition) is 2. The number of aliphatic hydroxyl groups is 1. The van der Waals surface area contributed by atoms with Crippen molar-refractivity contribution in [1.29, 1.82) is 0 Å². The summed E-state index contributed by atoms with van der Waals surface area (Å²) in [6.45, 7) is 5.43. The van der Waals surface area contributed by atoms with Crippen molar-refractivity contribution in [3.8, 4) is 0 Å². The van der Waals surface area contributed by atoms with Gasteiger partial charge >= 0.3 is 11.9 Å². The van der Waals surface area contributed by atoms with Gasteiger partial charge in [-0.3, -0.25) is 4.79 Å². The Labute approximate surface area is 196 Å². The summed E-state index contributed by atoms with van der Waals surface area (Å²) in [5.74, 6) is -2.78. The SMILES string of the molecule is CCOC(=O)C1=C(Nc2ccc(Br)cc2)C[C@](C)(O)[C@@H](C(=O)OCC)[C@@H]1c1ccccc1. The van der Waals surface area contributed by atoms with Crippen LogP contribution in [0.15, 0.2) is 70.3 Å². The van der Waals surface area contributed by atoms with Crippen molar-refractivity contribution in [2.75, 3.05) is 18.5 Å². The van der Waals surface area contributed by atoms with Crippen LogP contribution in [-0.2, 0) is 19.1 Å². The van der Waals surface area contributed by atoms with Crippen molar-refractivity contribution < 1.29 is 24.2 Å². The van der Waals surface area contributed by atoms with E-state index in [4.69, 9.17) is 9.47 Å². The number of benzene rings is 2. The number of carbonyl (C=O) groups is 2. The van der Waals surface area contributed by atoms with Gasteiger partial charge in [-0.25, -0.2) is 4.79 Å². The molecule has 0 aliphatic heterocycles. The highest BCUT2D eigenvalue weighted by Crippen LogP contribution is 2.48. The molecule has 6 nitrogen and oxygen atoms in total. The van der Waals surface area contributed by atoms with Crippen LogP contribution in [0.5, 0.6) is 0 Å². The molecule has 170 valence electrons. The first-order chi connectivity index (χ1) is 15.3. The van der Waals surface area contributed by atoms with Crippen molar-refractivity contribution in [2.24, 2.45) is 5.92 Å². The third-order valence-corrected chi connectivity index (χ3v) is 6.04. The van der Waals surface area contributed by atoms with E-state index in [0.29, 0.717) is 11.3 Å². The average molecular weight is 502 g/mol. The number of hydrogen-bond acceptors (Lipinski definition) is 6. The first-order valence-electron chi connectivity index (χ1n) is 10.6. The fourth-order valence-electron chi connectivity index (χ4n) is 4.20. The van der Waals surface area contributed by atoms with Gasteiger partial charge in [0.05, 0.1) is 30.3 Å². The van der Waals surface area contributed by atoms with E-state index in [0.717, 1.165) is 15.7 Å². The zero-order chi connectivity index (χ0) is 23.3. The van der Waals surface area contributed by atoms with Crippen LogP contribution in [-0.4, -0.2) is 35.9 Å². The molecule has 32 heavy (non-hydrogen) atoms. The molecule has 0 unspecified atom stereocenters. The van der Waals surface area contributed by atoms with Crippen molar-refractivity contribution >= 4 is 33.6 Å². The number of halogens is 1. The standard InChI is InChI=1S/C25H28BrNO5/c1-4-31-23(28)21-19(27-18-13-11-17(26)12-14-18)15-25(3,30)22(24(29)32-5-2)20(21)16-9-7-6-8-10-16/h6-14,20,22,27,30H,4-5,15H2,1-3H3/t20-,22-,25+/m1/s1. The Hall–Kier alpha value is -2.64. The van der Waals surface area contributed by atoms with Gasteiger partial charge in [-0.2, -0.15) is 0 Å². The highest BCUT2D eigenvalue weighted by Gasteiger charge is 2.52. The molecule has 0 saturated carbocycles. The normalized spacial score (nSPS) is 22.9. The molecule has 2 aromatic carbocycles. The first-order valence-corrected chi connectivity index (χ1v) is 11.4. The number of carbonyl (C=O) groups excluding carboxylic acids is 2. The van der Waals surface area contributed by atoms with Crippen LogP contribution < -0.4 is 5.32 Å². The fourth-order valence-corrected chi connectivity index (χ4v) is 4.46. The maximum Gasteiger partial charge on any atom is 0.336 e. The summed E-state index contributed by atoms with van der Waals surface area (Å²) >= 11 is 3.42. The van der Waals surface area contributed by atoms with Gasteiger partial charge in [-0.1, -0.05) is 46.3 Å². The molecular formula is C25H28BrNO5. The monoisotopic (exact) mass is 501 g/mol. The van der Waals surface area contributed by atoms with Gasteiger partial charge in [0.2, 0.25) is 0 Å². The van der Waals surface area contributed by atoms with Crippen LogP contribution in [0.25, 0.3) is 0 Å².